The summed E-state index contributed by atoms with van der Waals surface area (Å²) >= 11 is 5.95. The molecule has 0 fully saturated rings. The van der Waals surface area contributed by atoms with Gasteiger partial charge in [-0.25, -0.2) is 9.97 Å². The first-order valence-corrected chi connectivity index (χ1v) is 6.98. The second-order valence-electron chi connectivity index (χ2n) is 3.73. The zero-order chi connectivity index (χ0) is 12.3. The third-order valence-corrected chi connectivity index (χ3v) is 3.99. The molecule has 0 aliphatic carbocycles. The van der Waals surface area contributed by atoms with Crippen molar-refractivity contribution < 1.29 is 4.21 Å². The molecule has 0 aliphatic rings. The van der Waals surface area contributed by atoms with Crippen LogP contribution in [0.1, 0.15) is 18.3 Å². The maximum atomic E-state index is 11.2. The van der Waals surface area contributed by atoms with Gasteiger partial charge in [-0.3, -0.25) is 4.21 Å². The van der Waals surface area contributed by atoms with Crippen LogP contribution in [0.2, 0.25) is 5.15 Å². The highest BCUT2D eigenvalue weighted by Crippen LogP contribution is 2.19. The molecule has 0 aliphatic heterocycles. The Morgan fingerprint density at radius 3 is 2.62 bits per heavy atom. The lowest BCUT2D eigenvalue weighted by Crippen LogP contribution is -2.21. The Bertz CT molecular complexity index is 411. The van der Waals surface area contributed by atoms with E-state index in [1.165, 1.54) is 0 Å². The molecule has 16 heavy (non-hydrogen) atoms. The molecule has 2 atom stereocenters. The average molecular weight is 262 g/mol. The van der Waals surface area contributed by atoms with Crippen molar-refractivity contribution in [1.82, 2.24) is 9.97 Å². The standard InChI is InChI=1S/C10H16ClN3OS/c1-6(16(4)15)5-12-10-7(2)9(11)13-8(3)14-10/h6H,5H2,1-4H3,(H,12,13,14). The van der Waals surface area contributed by atoms with E-state index >= 15 is 0 Å². The van der Waals surface area contributed by atoms with Crippen LogP contribution in [-0.2, 0) is 10.8 Å². The minimum absolute atomic E-state index is 0.0773. The third-order valence-electron chi connectivity index (χ3n) is 2.32. The fraction of sp³-hybridized carbons (Fsp3) is 0.600. The van der Waals surface area contributed by atoms with Crippen LogP contribution < -0.4 is 5.32 Å². The predicted molar refractivity (Wildman–Crippen MR) is 68.5 cm³/mol. The van der Waals surface area contributed by atoms with Gasteiger partial charge in [0.15, 0.2) is 0 Å². The number of halogens is 1. The zero-order valence-corrected chi connectivity index (χ0v) is 11.4. The number of anilines is 1. The maximum absolute atomic E-state index is 11.2. The Labute approximate surface area is 103 Å². The molecule has 0 aromatic carbocycles. The Balaban J connectivity index is 2.78. The Kier molecular flexibility index (Phi) is 4.68. The van der Waals surface area contributed by atoms with Gasteiger partial charge >= 0.3 is 0 Å². The molecule has 1 rings (SSSR count). The summed E-state index contributed by atoms with van der Waals surface area (Å²) in [4.78, 5) is 8.31. The van der Waals surface area contributed by atoms with Crippen LogP contribution in [0.25, 0.3) is 0 Å². The molecule has 6 heteroatoms. The Hall–Kier alpha value is -0.680. The number of aromatic nitrogens is 2. The van der Waals surface area contributed by atoms with Gasteiger partial charge in [0.25, 0.3) is 0 Å². The SMILES string of the molecule is Cc1nc(Cl)c(C)c(NCC(C)S(C)=O)n1. The Morgan fingerprint density at radius 1 is 1.44 bits per heavy atom. The number of nitrogens with zero attached hydrogens (tertiary/aromatic N) is 2. The number of nitrogens with one attached hydrogen (secondary N) is 1. The van der Waals surface area contributed by atoms with Crippen molar-refractivity contribution in [2.45, 2.75) is 26.0 Å². The van der Waals surface area contributed by atoms with Crippen molar-refractivity contribution >= 4 is 28.2 Å². The summed E-state index contributed by atoms with van der Waals surface area (Å²) < 4.78 is 11.2. The van der Waals surface area contributed by atoms with Gasteiger partial charge in [0.05, 0.1) is 0 Å². The molecule has 1 aromatic rings. The van der Waals surface area contributed by atoms with Gasteiger partial charge in [0.2, 0.25) is 0 Å². The van der Waals surface area contributed by atoms with Crippen LogP contribution in [0.5, 0.6) is 0 Å². The summed E-state index contributed by atoms with van der Waals surface area (Å²) in [5, 5.41) is 3.68. The van der Waals surface area contributed by atoms with Gasteiger partial charge in [-0.1, -0.05) is 11.6 Å². The number of rotatable bonds is 4. The maximum Gasteiger partial charge on any atom is 0.137 e. The highest BCUT2D eigenvalue weighted by molar-refractivity contribution is 7.84. The van der Waals surface area contributed by atoms with Crippen molar-refractivity contribution in [3.63, 3.8) is 0 Å². The first-order chi connectivity index (χ1) is 7.41. The molecule has 1 N–H and O–H groups in total. The Morgan fingerprint density at radius 2 is 2.06 bits per heavy atom. The minimum Gasteiger partial charge on any atom is -0.369 e. The molecule has 2 unspecified atom stereocenters. The second kappa shape index (κ2) is 5.59. The summed E-state index contributed by atoms with van der Waals surface area (Å²) in [7, 11) is -0.840. The molecule has 4 nitrogen and oxygen atoms in total. The van der Waals surface area contributed by atoms with E-state index in [9.17, 15) is 4.21 Å². The molecular formula is C10H16ClN3OS. The van der Waals surface area contributed by atoms with Crippen LogP contribution in [0.3, 0.4) is 0 Å². The van der Waals surface area contributed by atoms with E-state index in [0.717, 1.165) is 11.4 Å². The lowest BCUT2D eigenvalue weighted by molar-refractivity contribution is 0.678. The largest absolute Gasteiger partial charge is 0.369 e. The lowest BCUT2D eigenvalue weighted by atomic mass is 10.3. The fourth-order valence-electron chi connectivity index (χ4n) is 1.12. The number of aryl methyl sites for hydroxylation is 1. The topological polar surface area (TPSA) is 54.9 Å². The summed E-state index contributed by atoms with van der Waals surface area (Å²) in [6, 6.07) is 0. The van der Waals surface area contributed by atoms with Crippen molar-refractivity contribution in [3.8, 4) is 0 Å². The molecule has 1 aromatic heterocycles. The van der Waals surface area contributed by atoms with Crippen LogP contribution in [0, 0.1) is 13.8 Å². The number of hydrogen-bond acceptors (Lipinski definition) is 4. The van der Waals surface area contributed by atoms with Crippen LogP contribution in [0.15, 0.2) is 0 Å². The third kappa shape index (κ3) is 3.42. The monoisotopic (exact) mass is 261 g/mol. The molecule has 1 heterocycles. The van der Waals surface area contributed by atoms with Gasteiger partial charge in [0.1, 0.15) is 16.8 Å². The van der Waals surface area contributed by atoms with E-state index in [0.29, 0.717) is 17.5 Å². The van der Waals surface area contributed by atoms with Gasteiger partial charge in [-0.2, -0.15) is 0 Å². The first kappa shape index (κ1) is 13.4. The van der Waals surface area contributed by atoms with Crippen LogP contribution in [-0.4, -0.2) is 32.2 Å². The first-order valence-electron chi connectivity index (χ1n) is 4.98. The molecule has 0 bridgehead atoms. The minimum atomic E-state index is -0.840. The molecule has 0 spiro atoms. The van der Waals surface area contributed by atoms with Crippen molar-refractivity contribution in [1.29, 1.82) is 0 Å². The fourth-order valence-corrected chi connectivity index (χ4v) is 1.65. The molecule has 0 amide bonds. The summed E-state index contributed by atoms with van der Waals surface area (Å²) in [5.74, 6) is 1.35. The average Bonchev–Trinajstić information content (AvgIpc) is 2.20. The van der Waals surface area contributed by atoms with Gasteiger partial charge in [0, 0.05) is 34.4 Å². The smallest absolute Gasteiger partial charge is 0.137 e. The van der Waals surface area contributed by atoms with Gasteiger partial charge < -0.3 is 5.32 Å². The van der Waals surface area contributed by atoms with Gasteiger partial charge in [-0.05, 0) is 20.8 Å². The summed E-state index contributed by atoms with van der Waals surface area (Å²) in [6.45, 7) is 6.18. The second-order valence-corrected chi connectivity index (χ2v) is 5.89. The molecule has 0 saturated heterocycles. The zero-order valence-electron chi connectivity index (χ0n) is 9.87. The molecule has 90 valence electrons. The number of hydrogen-bond donors (Lipinski definition) is 1. The van der Waals surface area contributed by atoms with E-state index in [2.05, 4.69) is 15.3 Å². The van der Waals surface area contributed by atoms with Crippen LogP contribution in [0.4, 0.5) is 5.82 Å². The predicted octanol–water partition coefficient (Wildman–Crippen LogP) is 1.93. The molecule has 0 radical (unpaired) electrons. The molecule has 0 saturated carbocycles. The normalized spacial score (nSPS) is 14.6. The van der Waals surface area contributed by atoms with Gasteiger partial charge in [-0.15, -0.1) is 0 Å². The quantitative estimate of drug-likeness (QED) is 0.842. The van der Waals surface area contributed by atoms with Crippen LogP contribution >= 0.6 is 11.6 Å². The highest BCUT2D eigenvalue weighted by Gasteiger charge is 2.10. The van der Waals surface area contributed by atoms with E-state index < -0.39 is 10.8 Å². The van der Waals surface area contributed by atoms with E-state index in [1.807, 2.05) is 13.8 Å². The van der Waals surface area contributed by atoms with Crippen molar-refractivity contribution in [2.24, 2.45) is 0 Å². The van der Waals surface area contributed by atoms with Crippen molar-refractivity contribution in [2.75, 3.05) is 18.1 Å². The molecular weight excluding hydrogens is 246 g/mol. The van der Waals surface area contributed by atoms with E-state index in [4.69, 9.17) is 11.6 Å². The van der Waals surface area contributed by atoms with Crippen molar-refractivity contribution in [3.05, 3.63) is 16.5 Å². The van der Waals surface area contributed by atoms with E-state index in [1.54, 1.807) is 13.2 Å². The lowest BCUT2D eigenvalue weighted by Gasteiger charge is -2.13. The summed E-state index contributed by atoms with van der Waals surface area (Å²) in [5.41, 5.74) is 0.821. The van der Waals surface area contributed by atoms with E-state index in [-0.39, 0.29) is 5.25 Å². The highest BCUT2D eigenvalue weighted by atomic mass is 35.5. The summed E-state index contributed by atoms with van der Waals surface area (Å²) in [6.07, 6.45) is 1.69.